The molecule has 25 heavy (non-hydrogen) atoms. The third-order valence-electron chi connectivity index (χ3n) is 3.52. The summed E-state index contributed by atoms with van der Waals surface area (Å²) in [5, 5.41) is 6.62. The molecular weight excluding hydrogens is 425 g/mol. The molecule has 6 heteroatoms. The molecule has 0 unspecified atom stereocenters. The van der Waals surface area contributed by atoms with Crippen LogP contribution in [0, 0.1) is 0 Å². The molecule has 136 valence electrons. The van der Waals surface area contributed by atoms with Gasteiger partial charge in [-0.3, -0.25) is 4.98 Å². The van der Waals surface area contributed by atoms with Gasteiger partial charge in [0.15, 0.2) is 5.96 Å². The highest BCUT2D eigenvalue weighted by Crippen LogP contribution is 2.11. The SMILES string of the molecule is CCNC(=NCc1ccccc1CN(C)C)NCc1ccccn1.I. The molecule has 5 nitrogen and oxygen atoms in total. The van der Waals surface area contributed by atoms with Crippen molar-refractivity contribution in [2.45, 2.75) is 26.6 Å². The lowest BCUT2D eigenvalue weighted by atomic mass is 10.1. The maximum absolute atomic E-state index is 4.71. The van der Waals surface area contributed by atoms with Crippen molar-refractivity contribution in [2.75, 3.05) is 20.6 Å². The van der Waals surface area contributed by atoms with Crippen molar-refractivity contribution in [1.29, 1.82) is 0 Å². The summed E-state index contributed by atoms with van der Waals surface area (Å²) in [7, 11) is 4.16. The number of nitrogens with one attached hydrogen (secondary N) is 2. The summed E-state index contributed by atoms with van der Waals surface area (Å²) in [6.07, 6.45) is 1.80. The second-order valence-electron chi connectivity index (χ2n) is 5.88. The van der Waals surface area contributed by atoms with Gasteiger partial charge in [-0.2, -0.15) is 0 Å². The standard InChI is InChI=1S/C19H27N5.HI/c1-4-20-19(23-14-18-11-7-8-12-21-18)22-13-16-9-5-6-10-17(16)15-24(2)3;/h5-12H,4,13-15H2,1-3H3,(H2,20,22,23);1H. The molecule has 0 aliphatic rings. The highest BCUT2D eigenvalue weighted by molar-refractivity contribution is 14.0. The lowest BCUT2D eigenvalue weighted by Crippen LogP contribution is -2.37. The summed E-state index contributed by atoms with van der Waals surface area (Å²) in [5.74, 6) is 0.808. The number of aromatic nitrogens is 1. The van der Waals surface area contributed by atoms with Crippen molar-refractivity contribution >= 4 is 29.9 Å². The Labute approximate surface area is 168 Å². The summed E-state index contributed by atoms with van der Waals surface area (Å²) < 4.78 is 0. The quantitative estimate of drug-likeness (QED) is 0.385. The number of hydrogen-bond donors (Lipinski definition) is 2. The van der Waals surface area contributed by atoms with Crippen LogP contribution in [0.5, 0.6) is 0 Å². The third-order valence-corrected chi connectivity index (χ3v) is 3.52. The maximum Gasteiger partial charge on any atom is 0.191 e. The molecule has 0 spiro atoms. The smallest absolute Gasteiger partial charge is 0.191 e. The van der Waals surface area contributed by atoms with E-state index in [0.717, 1.165) is 24.7 Å². The molecule has 0 bridgehead atoms. The van der Waals surface area contributed by atoms with Crippen LogP contribution in [-0.2, 0) is 19.6 Å². The number of hydrogen-bond acceptors (Lipinski definition) is 3. The minimum atomic E-state index is 0. The van der Waals surface area contributed by atoms with Crippen LogP contribution in [0.2, 0.25) is 0 Å². The van der Waals surface area contributed by atoms with Crippen molar-refractivity contribution < 1.29 is 0 Å². The lowest BCUT2D eigenvalue weighted by molar-refractivity contribution is 0.401. The Morgan fingerprint density at radius 2 is 1.76 bits per heavy atom. The summed E-state index contributed by atoms with van der Waals surface area (Å²) >= 11 is 0. The molecule has 0 radical (unpaired) electrons. The molecule has 0 aliphatic carbocycles. The van der Waals surface area contributed by atoms with Crippen molar-refractivity contribution in [3.05, 3.63) is 65.5 Å². The van der Waals surface area contributed by atoms with Crippen molar-refractivity contribution in [1.82, 2.24) is 20.5 Å². The largest absolute Gasteiger partial charge is 0.357 e. The first-order valence-corrected chi connectivity index (χ1v) is 8.32. The Hall–Kier alpha value is -1.67. The van der Waals surface area contributed by atoms with Crippen LogP contribution in [0.3, 0.4) is 0 Å². The number of nitrogens with zero attached hydrogens (tertiary/aromatic N) is 3. The Morgan fingerprint density at radius 3 is 2.40 bits per heavy atom. The van der Waals surface area contributed by atoms with Gasteiger partial charge in [0.05, 0.1) is 18.8 Å². The van der Waals surface area contributed by atoms with Crippen LogP contribution in [0.4, 0.5) is 0 Å². The van der Waals surface area contributed by atoms with Crippen LogP contribution >= 0.6 is 24.0 Å². The summed E-state index contributed by atoms with van der Waals surface area (Å²) in [6, 6.07) is 14.4. The van der Waals surface area contributed by atoms with Gasteiger partial charge in [0, 0.05) is 19.3 Å². The Balaban J connectivity index is 0.00000312. The molecule has 1 heterocycles. The number of halogens is 1. The summed E-state index contributed by atoms with van der Waals surface area (Å²) in [4.78, 5) is 11.2. The van der Waals surface area contributed by atoms with Crippen LogP contribution in [0.1, 0.15) is 23.7 Å². The molecule has 0 amide bonds. The number of pyridine rings is 1. The van der Waals surface area contributed by atoms with E-state index in [1.807, 2.05) is 18.2 Å². The van der Waals surface area contributed by atoms with Crippen LogP contribution < -0.4 is 10.6 Å². The van der Waals surface area contributed by atoms with Gasteiger partial charge in [0.25, 0.3) is 0 Å². The summed E-state index contributed by atoms with van der Waals surface area (Å²) in [5.41, 5.74) is 3.56. The molecule has 0 atom stereocenters. The van der Waals surface area contributed by atoms with Gasteiger partial charge in [-0.25, -0.2) is 4.99 Å². The number of aliphatic imine (C=N–C) groups is 1. The molecule has 2 aromatic rings. The zero-order valence-corrected chi connectivity index (χ0v) is 17.5. The van der Waals surface area contributed by atoms with E-state index < -0.39 is 0 Å². The molecule has 2 rings (SSSR count). The van der Waals surface area contributed by atoms with Gasteiger partial charge in [-0.1, -0.05) is 30.3 Å². The minimum absolute atomic E-state index is 0. The Morgan fingerprint density at radius 1 is 1.04 bits per heavy atom. The van der Waals surface area contributed by atoms with E-state index in [9.17, 15) is 0 Å². The average Bonchev–Trinajstić information content (AvgIpc) is 2.59. The van der Waals surface area contributed by atoms with Crippen LogP contribution in [-0.4, -0.2) is 36.5 Å². The van der Waals surface area contributed by atoms with E-state index in [4.69, 9.17) is 4.99 Å². The lowest BCUT2D eigenvalue weighted by Gasteiger charge is -2.14. The van der Waals surface area contributed by atoms with E-state index in [2.05, 4.69) is 65.8 Å². The fraction of sp³-hybridized carbons (Fsp3) is 0.368. The average molecular weight is 453 g/mol. The Bertz CT molecular complexity index is 643. The van der Waals surface area contributed by atoms with Crippen molar-refractivity contribution in [3.63, 3.8) is 0 Å². The number of rotatable bonds is 7. The monoisotopic (exact) mass is 453 g/mol. The first-order valence-electron chi connectivity index (χ1n) is 8.32. The summed E-state index contributed by atoms with van der Waals surface area (Å²) in [6.45, 7) is 5.13. The molecule has 0 aliphatic heterocycles. The Kier molecular flexibility index (Phi) is 10.1. The second-order valence-corrected chi connectivity index (χ2v) is 5.88. The fourth-order valence-electron chi connectivity index (χ4n) is 2.39. The maximum atomic E-state index is 4.71. The normalized spacial score (nSPS) is 11.1. The zero-order chi connectivity index (χ0) is 17.2. The van der Waals surface area contributed by atoms with Crippen molar-refractivity contribution in [2.24, 2.45) is 4.99 Å². The molecule has 0 saturated carbocycles. The van der Waals surface area contributed by atoms with Gasteiger partial charge in [0.1, 0.15) is 0 Å². The third kappa shape index (κ3) is 7.83. The molecule has 1 aromatic carbocycles. The van der Waals surface area contributed by atoms with E-state index in [1.54, 1.807) is 6.20 Å². The predicted octanol–water partition coefficient (Wildman–Crippen LogP) is 3.02. The molecular formula is C19H28IN5. The highest BCUT2D eigenvalue weighted by atomic mass is 127. The van der Waals surface area contributed by atoms with E-state index in [1.165, 1.54) is 11.1 Å². The number of guanidine groups is 1. The molecule has 2 N–H and O–H groups in total. The highest BCUT2D eigenvalue weighted by Gasteiger charge is 2.04. The number of benzene rings is 1. The molecule has 0 saturated heterocycles. The van der Waals surface area contributed by atoms with Gasteiger partial charge in [-0.15, -0.1) is 24.0 Å². The second kappa shape index (κ2) is 11.8. The minimum Gasteiger partial charge on any atom is -0.357 e. The first kappa shape index (κ1) is 21.4. The van der Waals surface area contributed by atoms with Crippen molar-refractivity contribution in [3.8, 4) is 0 Å². The van der Waals surface area contributed by atoms with E-state index >= 15 is 0 Å². The van der Waals surface area contributed by atoms with Crippen LogP contribution in [0.25, 0.3) is 0 Å². The van der Waals surface area contributed by atoms with Gasteiger partial charge < -0.3 is 15.5 Å². The topological polar surface area (TPSA) is 52.6 Å². The first-order chi connectivity index (χ1) is 11.7. The molecule has 0 fully saturated rings. The zero-order valence-electron chi connectivity index (χ0n) is 15.2. The fourth-order valence-corrected chi connectivity index (χ4v) is 2.39. The van der Waals surface area contributed by atoms with Gasteiger partial charge >= 0.3 is 0 Å². The predicted molar refractivity (Wildman–Crippen MR) is 115 cm³/mol. The van der Waals surface area contributed by atoms with E-state index in [0.29, 0.717) is 13.1 Å². The molecule has 1 aromatic heterocycles. The van der Waals surface area contributed by atoms with Gasteiger partial charge in [-0.05, 0) is 44.3 Å². The van der Waals surface area contributed by atoms with Crippen LogP contribution in [0.15, 0.2) is 53.7 Å². The van der Waals surface area contributed by atoms with Gasteiger partial charge in [0.2, 0.25) is 0 Å². The van der Waals surface area contributed by atoms with E-state index in [-0.39, 0.29) is 24.0 Å².